The molecular formula is C14H24ClN3S. The predicted molar refractivity (Wildman–Crippen MR) is 84.2 cm³/mol. The Morgan fingerprint density at radius 2 is 2.37 bits per heavy atom. The van der Waals surface area contributed by atoms with E-state index < -0.39 is 0 Å². The number of halogens is 1. The van der Waals surface area contributed by atoms with Crippen LogP contribution in [0.3, 0.4) is 0 Å². The molecule has 5 heteroatoms. The number of hydrogen-bond donors (Lipinski definition) is 1. The normalized spacial score (nSPS) is 20.9. The monoisotopic (exact) mass is 301 g/mol. The number of thioether (sulfide) groups is 1. The van der Waals surface area contributed by atoms with Crippen LogP contribution in [-0.2, 0) is 13.5 Å². The zero-order valence-electron chi connectivity index (χ0n) is 12.1. The first-order chi connectivity index (χ1) is 9.13. The van der Waals surface area contributed by atoms with Crippen molar-refractivity contribution in [2.45, 2.75) is 39.2 Å². The molecule has 0 saturated carbocycles. The highest BCUT2D eigenvalue weighted by atomic mass is 35.5. The maximum Gasteiger partial charge on any atom is 0.0847 e. The lowest BCUT2D eigenvalue weighted by Crippen LogP contribution is -2.39. The second-order valence-corrected chi connectivity index (χ2v) is 6.89. The molecule has 0 aromatic carbocycles. The van der Waals surface area contributed by atoms with Crippen LogP contribution in [0.2, 0.25) is 5.02 Å². The summed E-state index contributed by atoms with van der Waals surface area (Å²) in [6.07, 6.45) is 3.48. The number of nitrogens with zero attached hydrogens (tertiary/aromatic N) is 2. The van der Waals surface area contributed by atoms with Crippen LogP contribution < -0.4 is 5.32 Å². The Bertz CT molecular complexity index is 413. The third kappa shape index (κ3) is 3.67. The Hall–Kier alpha value is -0.190. The minimum atomic E-state index is 0.530. The van der Waals surface area contributed by atoms with Crippen LogP contribution in [0, 0.1) is 12.8 Å². The van der Waals surface area contributed by atoms with Crippen molar-refractivity contribution >= 4 is 23.4 Å². The molecule has 0 radical (unpaired) electrons. The van der Waals surface area contributed by atoms with Gasteiger partial charge in [0.1, 0.15) is 0 Å². The number of rotatable bonds is 6. The van der Waals surface area contributed by atoms with Gasteiger partial charge in [0.2, 0.25) is 0 Å². The molecule has 108 valence electrons. The van der Waals surface area contributed by atoms with Crippen molar-refractivity contribution in [3.05, 3.63) is 16.4 Å². The second kappa shape index (κ2) is 7.00. The minimum absolute atomic E-state index is 0.530. The summed E-state index contributed by atoms with van der Waals surface area (Å²) in [5.41, 5.74) is 2.11. The molecule has 2 rings (SSSR count). The number of aryl methyl sites for hydroxylation is 2. The fraction of sp³-hybridized carbons (Fsp3) is 0.786. The van der Waals surface area contributed by atoms with Crippen LogP contribution in [0.1, 0.15) is 31.2 Å². The Morgan fingerprint density at radius 3 is 2.89 bits per heavy atom. The van der Waals surface area contributed by atoms with Gasteiger partial charge in [-0.25, -0.2) is 0 Å². The summed E-state index contributed by atoms with van der Waals surface area (Å²) in [5, 5.41) is 8.98. The first-order valence-corrected chi connectivity index (χ1v) is 8.65. The fourth-order valence-corrected chi connectivity index (χ4v) is 4.29. The summed E-state index contributed by atoms with van der Waals surface area (Å²) in [6.45, 7) is 5.28. The SMILES string of the molecule is CCCNC(Cc1c(Cl)c(C)nn1C)C1CCSC1. The van der Waals surface area contributed by atoms with Gasteiger partial charge in [0, 0.05) is 19.5 Å². The predicted octanol–water partition coefficient (Wildman–Crippen LogP) is 3.05. The molecule has 19 heavy (non-hydrogen) atoms. The first-order valence-electron chi connectivity index (χ1n) is 7.12. The van der Waals surface area contributed by atoms with E-state index in [1.54, 1.807) is 0 Å². The highest BCUT2D eigenvalue weighted by Crippen LogP contribution is 2.29. The van der Waals surface area contributed by atoms with Gasteiger partial charge in [0.15, 0.2) is 0 Å². The molecule has 0 amide bonds. The van der Waals surface area contributed by atoms with Crippen LogP contribution in [0.5, 0.6) is 0 Å². The van der Waals surface area contributed by atoms with Gasteiger partial charge in [-0.15, -0.1) is 0 Å². The topological polar surface area (TPSA) is 29.9 Å². The first kappa shape index (κ1) is 15.2. The van der Waals surface area contributed by atoms with E-state index >= 15 is 0 Å². The molecule has 1 aromatic heterocycles. The number of hydrogen-bond acceptors (Lipinski definition) is 3. The van der Waals surface area contributed by atoms with E-state index in [0.717, 1.165) is 29.6 Å². The number of nitrogens with one attached hydrogen (secondary N) is 1. The molecule has 0 aliphatic carbocycles. The average molecular weight is 302 g/mol. The lowest BCUT2D eigenvalue weighted by molar-refractivity contribution is 0.373. The lowest BCUT2D eigenvalue weighted by atomic mass is 9.94. The standard InChI is InChI=1S/C14H24ClN3S/c1-4-6-16-12(11-5-7-19-9-11)8-13-14(15)10(2)17-18(13)3/h11-12,16H,4-9H2,1-3H3. The van der Waals surface area contributed by atoms with Gasteiger partial charge in [-0.2, -0.15) is 16.9 Å². The Balaban J connectivity index is 2.09. The van der Waals surface area contributed by atoms with E-state index in [4.69, 9.17) is 11.6 Å². The highest BCUT2D eigenvalue weighted by Gasteiger charge is 2.27. The summed E-state index contributed by atoms with van der Waals surface area (Å²) in [7, 11) is 1.99. The van der Waals surface area contributed by atoms with E-state index in [-0.39, 0.29) is 0 Å². The largest absolute Gasteiger partial charge is 0.313 e. The molecule has 3 nitrogen and oxygen atoms in total. The Morgan fingerprint density at radius 1 is 1.58 bits per heavy atom. The van der Waals surface area contributed by atoms with Gasteiger partial charge < -0.3 is 5.32 Å². The molecule has 0 spiro atoms. The fourth-order valence-electron chi connectivity index (χ4n) is 2.72. The minimum Gasteiger partial charge on any atom is -0.313 e. The third-order valence-electron chi connectivity index (χ3n) is 3.87. The van der Waals surface area contributed by atoms with E-state index in [1.807, 2.05) is 18.7 Å². The van der Waals surface area contributed by atoms with Crippen LogP contribution in [-0.4, -0.2) is 33.9 Å². The van der Waals surface area contributed by atoms with Crippen molar-refractivity contribution in [2.75, 3.05) is 18.1 Å². The maximum absolute atomic E-state index is 6.38. The molecule has 1 aliphatic rings. The number of aromatic nitrogens is 2. The van der Waals surface area contributed by atoms with Crippen molar-refractivity contribution in [1.82, 2.24) is 15.1 Å². The average Bonchev–Trinajstić information content (AvgIpc) is 2.98. The zero-order chi connectivity index (χ0) is 13.8. The van der Waals surface area contributed by atoms with Crippen LogP contribution in [0.4, 0.5) is 0 Å². The Labute approximate surface area is 125 Å². The van der Waals surface area contributed by atoms with Gasteiger partial charge in [-0.05, 0) is 43.7 Å². The molecule has 1 saturated heterocycles. The van der Waals surface area contributed by atoms with Gasteiger partial charge >= 0.3 is 0 Å². The van der Waals surface area contributed by atoms with E-state index in [1.165, 1.54) is 30.0 Å². The van der Waals surface area contributed by atoms with Crippen LogP contribution in [0.15, 0.2) is 0 Å². The molecule has 1 N–H and O–H groups in total. The van der Waals surface area contributed by atoms with E-state index in [0.29, 0.717) is 6.04 Å². The molecule has 1 aliphatic heterocycles. The molecule has 1 aromatic rings. The van der Waals surface area contributed by atoms with Gasteiger partial charge in [0.25, 0.3) is 0 Å². The summed E-state index contributed by atoms with van der Waals surface area (Å²) < 4.78 is 1.94. The molecule has 2 heterocycles. The molecule has 0 bridgehead atoms. The van der Waals surface area contributed by atoms with Crippen molar-refractivity contribution in [3.63, 3.8) is 0 Å². The van der Waals surface area contributed by atoms with Crippen LogP contribution >= 0.6 is 23.4 Å². The molecule has 2 atom stereocenters. The summed E-state index contributed by atoms with van der Waals surface area (Å²) in [4.78, 5) is 0. The molecular weight excluding hydrogens is 278 g/mol. The highest BCUT2D eigenvalue weighted by molar-refractivity contribution is 7.99. The second-order valence-electron chi connectivity index (χ2n) is 5.36. The van der Waals surface area contributed by atoms with Gasteiger partial charge in [0.05, 0.1) is 16.4 Å². The van der Waals surface area contributed by atoms with Crippen molar-refractivity contribution in [1.29, 1.82) is 0 Å². The van der Waals surface area contributed by atoms with Gasteiger partial charge in [-0.3, -0.25) is 4.68 Å². The van der Waals surface area contributed by atoms with E-state index in [2.05, 4.69) is 29.1 Å². The van der Waals surface area contributed by atoms with Crippen LogP contribution in [0.25, 0.3) is 0 Å². The summed E-state index contributed by atoms with van der Waals surface area (Å²) in [6, 6.07) is 0.530. The third-order valence-corrected chi connectivity index (χ3v) is 5.55. The van der Waals surface area contributed by atoms with Crippen molar-refractivity contribution in [2.24, 2.45) is 13.0 Å². The Kier molecular flexibility index (Phi) is 5.60. The summed E-state index contributed by atoms with van der Waals surface area (Å²) >= 11 is 8.46. The van der Waals surface area contributed by atoms with E-state index in [9.17, 15) is 0 Å². The molecule has 2 unspecified atom stereocenters. The molecule has 1 fully saturated rings. The zero-order valence-corrected chi connectivity index (χ0v) is 13.7. The maximum atomic E-state index is 6.38. The van der Waals surface area contributed by atoms with Gasteiger partial charge in [-0.1, -0.05) is 18.5 Å². The van der Waals surface area contributed by atoms with Crippen molar-refractivity contribution in [3.8, 4) is 0 Å². The lowest BCUT2D eigenvalue weighted by Gasteiger charge is -2.24. The smallest absolute Gasteiger partial charge is 0.0847 e. The summed E-state index contributed by atoms with van der Waals surface area (Å²) in [5.74, 6) is 3.34. The van der Waals surface area contributed by atoms with Crippen molar-refractivity contribution < 1.29 is 0 Å². The quantitative estimate of drug-likeness (QED) is 0.876.